The van der Waals surface area contributed by atoms with E-state index in [0.717, 1.165) is 11.1 Å². The number of carbonyl (C=O) groups excluding carboxylic acids is 2. The Morgan fingerprint density at radius 1 is 0.952 bits per heavy atom. The molecule has 1 heterocycles. The molecule has 0 atom stereocenters. The smallest absolute Gasteiger partial charge is 0.255 e. The van der Waals surface area contributed by atoms with Crippen LogP contribution in [0.15, 0.2) is 59.6 Å². The molecule has 0 spiro atoms. The first kappa shape index (κ1) is 31.2. The van der Waals surface area contributed by atoms with Gasteiger partial charge in [-0.3, -0.25) is 14.6 Å². The zero-order valence-corrected chi connectivity index (χ0v) is 25.2. The summed E-state index contributed by atoms with van der Waals surface area (Å²) in [6.07, 6.45) is 1.55. The molecule has 0 radical (unpaired) electrons. The van der Waals surface area contributed by atoms with E-state index in [2.05, 4.69) is 20.3 Å². The van der Waals surface area contributed by atoms with E-state index in [0.29, 0.717) is 22.5 Å². The van der Waals surface area contributed by atoms with Gasteiger partial charge < -0.3 is 10.6 Å². The lowest BCUT2D eigenvalue weighted by Crippen LogP contribution is -2.40. The molecule has 4 rings (SSSR count). The molecule has 224 valence electrons. The first-order chi connectivity index (χ1) is 19.6. The Morgan fingerprint density at radius 2 is 1.60 bits per heavy atom. The minimum atomic E-state index is -3.78. The Kier molecular flexibility index (Phi) is 8.84. The fourth-order valence-corrected chi connectivity index (χ4v) is 5.59. The molecule has 1 aliphatic rings. The highest BCUT2D eigenvalue weighted by atomic mass is 32.2. The zero-order chi connectivity index (χ0) is 30.9. The maximum Gasteiger partial charge on any atom is 0.255 e. The van der Waals surface area contributed by atoms with Crippen LogP contribution in [0.1, 0.15) is 78.4 Å². The van der Waals surface area contributed by atoms with Gasteiger partial charge in [0, 0.05) is 41.3 Å². The van der Waals surface area contributed by atoms with Gasteiger partial charge in [0.05, 0.1) is 16.8 Å². The van der Waals surface area contributed by atoms with E-state index in [1.54, 1.807) is 42.5 Å². The van der Waals surface area contributed by atoms with Crippen molar-refractivity contribution in [2.24, 2.45) is 0 Å². The summed E-state index contributed by atoms with van der Waals surface area (Å²) in [6.45, 7) is 7.62. The lowest BCUT2D eigenvalue weighted by atomic mass is 9.86. The van der Waals surface area contributed by atoms with Crippen molar-refractivity contribution in [1.29, 1.82) is 0 Å². The molecule has 2 amide bonds. The van der Waals surface area contributed by atoms with Crippen LogP contribution in [0.25, 0.3) is 11.1 Å². The zero-order valence-electron chi connectivity index (χ0n) is 24.3. The molecular formula is C31H36F2N4O4S. The van der Waals surface area contributed by atoms with E-state index in [4.69, 9.17) is 0 Å². The second kappa shape index (κ2) is 11.9. The number of halogens is 2. The Labute approximate surface area is 245 Å². The van der Waals surface area contributed by atoms with Gasteiger partial charge in [-0.2, -0.15) is 0 Å². The maximum atomic E-state index is 13.4. The highest BCUT2D eigenvalue weighted by Gasteiger charge is 2.35. The average Bonchev–Trinajstić information content (AvgIpc) is 2.94. The number of anilines is 1. The molecule has 1 saturated carbocycles. The number of sulfonamides is 1. The van der Waals surface area contributed by atoms with Crippen LogP contribution in [-0.2, 0) is 15.4 Å². The number of rotatable bonds is 7. The van der Waals surface area contributed by atoms with Crippen molar-refractivity contribution in [2.75, 3.05) is 12.4 Å². The van der Waals surface area contributed by atoms with Gasteiger partial charge in [-0.25, -0.2) is 21.9 Å². The van der Waals surface area contributed by atoms with E-state index >= 15 is 0 Å². The Balaban J connectivity index is 1.53. The molecule has 2 aromatic carbocycles. The van der Waals surface area contributed by atoms with E-state index < -0.39 is 27.3 Å². The predicted molar refractivity (Wildman–Crippen MR) is 158 cm³/mol. The second-order valence-electron chi connectivity index (χ2n) is 11.7. The number of pyridine rings is 1. The summed E-state index contributed by atoms with van der Waals surface area (Å²) < 4.78 is 54.2. The lowest BCUT2D eigenvalue weighted by Gasteiger charge is -2.28. The van der Waals surface area contributed by atoms with Crippen LogP contribution in [0.3, 0.4) is 0 Å². The summed E-state index contributed by atoms with van der Waals surface area (Å²) in [5.41, 5.74) is 3.51. The molecule has 1 aliphatic carbocycles. The summed E-state index contributed by atoms with van der Waals surface area (Å²) in [6, 6.07) is 12.9. The summed E-state index contributed by atoms with van der Waals surface area (Å²) in [5, 5.41) is 5.66. The largest absolute Gasteiger partial charge is 0.349 e. The molecule has 0 bridgehead atoms. The van der Waals surface area contributed by atoms with Crippen LogP contribution >= 0.6 is 0 Å². The van der Waals surface area contributed by atoms with Crippen LogP contribution in [0.5, 0.6) is 0 Å². The fourth-order valence-electron chi connectivity index (χ4n) is 4.79. The summed E-state index contributed by atoms with van der Waals surface area (Å²) in [4.78, 5) is 30.4. The third-order valence-corrected chi connectivity index (χ3v) is 8.86. The van der Waals surface area contributed by atoms with Gasteiger partial charge in [-0.05, 0) is 79.8 Å². The van der Waals surface area contributed by atoms with Gasteiger partial charge in [0.15, 0.2) is 0 Å². The third-order valence-electron chi connectivity index (χ3n) is 7.47. The highest BCUT2D eigenvalue weighted by Crippen LogP contribution is 2.33. The normalized spacial score (nSPS) is 15.7. The highest BCUT2D eigenvalue weighted by molar-refractivity contribution is 7.89. The molecule has 42 heavy (non-hydrogen) atoms. The number of hydrogen-bond donors (Lipinski definition) is 3. The monoisotopic (exact) mass is 598 g/mol. The van der Waals surface area contributed by atoms with Crippen LogP contribution in [0.4, 0.5) is 14.5 Å². The quantitative estimate of drug-likeness (QED) is 0.317. The van der Waals surface area contributed by atoms with Crippen molar-refractivity contribution in [3.63, 3.8) is 0 Å². The molecular weight excluding hydrogens is 562 g/mol. The third kappa shape index (κ3) is 7.38. The SMILES string of the molecule is CNS(=O)(=O)c1cc(C(=O)Nc2cnc(C)c(-c3ccc(C(=O)NC4CCC(F)(F)CC4)cc3)c2)cc(C(C)(C)C)c1. The maximum absolute atomic E-state index is 13.4. The van der Waals surface area contributed by atoms with E-state index in [9.17, 15) is 26.8 Å². The predicted octanol–water partition coefficient (Wildman–Crippen LogP) is 5.82. The van der Waals surface area contributed by atoms with Crippen LogP contribution in [-0.4, -0.2) is 44.2 Å². The number of hydrogen-bond acceptors (Lipinski definition) is 5. The topological polar surface area (TPSA) is 117 Å². The molecule has 1 fully saturated rings. The summed E-state index contributed by atoms with van der Waals surface area (Å²) in [5.74, 6) is -3.46. The minimum absolute atomic E-state index is 0.00385. The Morgan fingerprint density at radius 3 is 2.19 bits per heavy atom. The van der Waals surface area contributed by atoms with Crippen LogP contribution in [0.2, 0.25) is 0 Å². The number of aromatic nitrogens is 1. The van der Waals surface area contributed by atoms with Gasteiger partial charge >= 0.3 is 0 Å². The van der Waals surface area contributed by atoms with Crippen molar-refractivity contribution in [3.05, 3.63) is 77.1 Å². The number of benzene rings is 2. The van der Waals surface area contributed by atoms with Gasteiger partial charge in [0.1, 0.15) is 0 Å². The van der Waals surface area contributed by atoms with E-state index in [1.165, 1.54) is 19.3 Å². The summed E-state index contributed by atoms with van der Waals surface area (Å²) >= 11 is 0. The number of nitrogens with one attached hydrogen (secondary N) is 3. The van der Waals surface area contributed by atoms with Crippen LogP contribution < -0.4 is 15.4 Å². The van der Waals surface area contributed by atoms with Crippen molar-refractivity contribution in [2.45, 2.75) is 75.7 Å². The van der Waals surface area contributed by atoms with Gasteiger partial charge in [-0.1, -0.05) is 32.9 Å². The Bertz CT molecular complexity index is 1590. The van der Waals surface area contributed by atoms with E-state index in [1.807, 2.05) is 27.7 Å². The fraction of sp³-hybridized carbons (Fsp3) is 0.387. The number of alkyl halides is 2. The van der Waals surface area contributed by atoms with Crippen molar-refractivity contribution in [1.82, 2.24) is 15.0 Å². The van der Waals surface area contributed by atoms with Crippen molar-refractivity contribution < 1.29 is 26.8 Å². The average molecular weight is 599 g/mol. The molecule has 3 aromatic rings. The molecule has 8 nitrogen and oxygen atoms in total. The molecule has 0 unspecified atom stereocenters. The lowest BCUT2D eigenvalue weighted by molar-refractivity contribution is -0.0399. The minimum Gasteiger partial charge on any atom is -0.349 e. The molecule has 11 heteroatoms. The number of nitrogens with zero attached hydrogens (tertiary/aromatic N) is 1. The second-order valence-corrected chi connectivity index (χ2v) is 13.6. The van der Waals surface area contributed by atoms with Gasteiger partial charge in [-0.15, -0.1) is 0 Å². The standard InChI is InChI=1S/C31H36F2N4O4S/c1-19-27(20-6-8-21(9-7-20)28(38)36-24-10-12-31(32,33)13-11-24)17-25(18-35-19)37-29(39)22-14-23(30(2,3)4)16-26(15-22)42(40,41)34-5/h6-9,14-18,24,34H,10-13H2,1-5H3,(H,36,38)(H,37,39). The van der Waals surface area contributed by atoms with Crippen LogP contribution in [0, 0.1) is 6.92 Å². The van der Waals surface area contributed by atoms with Crippen molar-refractivity contribution in [3.8, 4) is 11.1 Å². The number of aryl methyl sites for hydroxylation is 1. The number of amides is 2. The molecule has 3 N–H and O–H groups in total. The van der Waals surface area contributed by atoms with Crippen molar-refractivity contribution >= 4 is 27.5 Å². The number of carbonyl (C=O) groups is 2. The Hall–Kier alpha value is -3.70. The molecule has 0 saturated heterocycles. The van der Waals surface area contributed by atoms with Gasteiger partial charge in [0.2, 0.25) is 15.9 Å². The first-order valence-corrected chi connectivity index (χ1v) is 15.2. The van der Waals surface area contributed by atoms with Gasteiger partial charge in [0.25, 0.3) is 11.8 Å². The summed E-state index contributed by atoms with van der Waals surface area (Å²) in [7, 11) is -2.46. The molecule has 1 aromatic heterocycles. The molecule has 0 aliphatic heterocycles. The van der Waals surface area contributed by atoms with E-state index in [-0.39, 0.29) is 48.1 Å². The first-order valence-electron chi connectivity index (χ1n) is 13.7.